The van der Waals surface area contributed by atoms with Gasteiger partial charge in [0.25, 0.3) is 5.22 Å². The van der Waals surface area contributed by atoms with E-state index in [9.17, 15) is 4.79 Å². The molecule has 0 saturated heterocycles. The number of hydrogen-bond donors (Lipinski definition) is 1. The van der Waals surface area contributed by atoms with Crippen LogP contribution in [0.2, 0.25) is 5.02 Å². The molecule has 1 amide bonds. The van der Waals surface area contributed by atoms with E-state index in [-0.39, 0.29) is 11.2 Å². The number of thioether (sulfide) groups is 1. The molecular weight excluding hydrogens is 386 g/mol. The number of methoxy groups -OCH3 is 1. The molecule has 0 saturated carbocycles. The number of benzene rings is 2. The first-order valence-corrected chi connectivity index (χ1v) is 9.47. The standard InChI is InChI=1S/C19H18ClN3O3S/c1-12(17(24)21-11-13-3-9-16(25-2)10-4-13)27-19-23-22-18(26-19)14-5-7-15(20)8-6-14/h3-10,12H,11H2,1-2H3,(H,21,24)/t12-/m1/s1. The van der Waals surface area contributed by atoms with Crippen molar-refractivity contribution in [1.29, 1.82) is 0 Å². The second-order valence-electron chi connectivity index (χ2n) is 5.71. The number of nitrogens with zero attached hydrogens (tertiary/aromatic N) is 2. The van der Waals surface area contributed by atoms with Crippen LogP contribution in [0.3, 0.4) is 0 Å². The number of aromatic nitrogens is 2. The number of rotatable bonds is 7. The first kappa shape index (κ1) is 19.3. The predicted molar refractivity (Wildman–Crippen MR) is 105 cm³/mol. The SMILES string of the molecule is COc1ccc(CNC(=O)[C@@H](C)Sc2nnc(-c3ccc(Cl)cc3)o2)cc1. The monoisotopic (exact) mass is 403 g/mol. The summed E-state index contributed by atoms with van der Waals surface area (Å²) in [6.07, 6.45) is 0. The van der Waals surface area contributed by atoms with Gasteiger partial charge in [0.1, 0.15) is 5.75 Å². The van der Waals surface area contributed by atoms with Gasteiger partial charge >= 0.3 is 0 Å². The van der Waals surface area contributed by atoms with Crippen LogP contribution in [0.25, 0.3) is 11.5 Å². The van der Waals surface area contributed by atoms with E-state index in [4.69, 9.17) is 20.8 Å². The molecule has 6 nitrogen and oxygen atoms in total. The van der Waals surface area contributed by atoms with Crippen molar-refractivity contribution in [2.45, 2.75) is 23.9 Å². The van der Waals surface area contributed by atoms with Crippen molar-refractivity contribution < 1.29 is 13.9 Å². The lowest BCUT2D eigenvalue weighted by Gasteiger charge is -2.10. The third-order valence-corrected chi connectivity index (χ3v) is 4.96. The van der Waals surface area contributed by atoms with Crippen molar-refractivity contribution in [2.24, 2.45) is 0 Å². The van der Waals surface area contributed by atoms with Crippen LogP contribution in [0.15, 0.2) is 58.2 Å². The summed E-state index contributed by atoms with van der Waals surface area (Å²) in [4.78, 5) is 12.3. The summed E-state index contributed by atoms with van der Waals surface area (Å²) >= 11 is 7.09. The Hall–Kier alpha value is -2.51. The van der Waals surface area contributed by atoms with Gasteiger partial charge in [-0.25, -0.2) is 0 Å². The molecule has 8 heteroatoms. The smallest absolute Gasteiger partial charge is 0.277 e. The zero-order valence-corrected chi connectivity index (χ0v) is 16.4. The zero-order chi connectivity index (χ0) is 19.2. The molecule has 2 aromatic carbocycles. The largest absolute Gasteiger partial charge is 0.497 e. The van der Waals surface area contributed by atoms with Crippen molar-refractivity contribution in [3.63, 3.8) is 0 Å². The van der Waals surface area contributed by atoms with Crippen molar-refractivity contribution in [3.05, 3.63) is 59.1 Å². The number of ether oxygens (including phenoxy) is 1. The maximum Gasteiger partial charge on any atom is 0.277 e. The molecule has 0 unspecified atom stereocenters. The van der Waals surface area contributed by atoms with E-state index in [1.54, 1.807) is 38.3 Å². The number of carbonyl (C=O) groups is 1. The topological polar surface area (TPSA) is 77.2 Å². The van der Waals surface area contributed by atoms with Gasteiger partial charge in [0, 0.05) is 17.1 Å². The average molecular weight is 404 g/mol. The molecule has 0 aliphatic carbocycles. The van der Waals surface area contributed by atoms with Crippen LogP contribution < -0.4 is 10.1 Å². The molecule has 0 spiro atoms. The third-order valence-electron chi connectivity index (χ3n) is 3.77. The molecule has 3 aromatic rings. The Bertz CT molecular complexity index is 897. The van der Waals surface area contributed by atoms with E-state index < -0.39 is 0 Å². The molecule has 3 rings (SSSR count). The average Bonchev–Trinajstić information content (AvgIpc) is 3.15. The Labute approximate surface area is 166 Å². The summed E-state index contributed by atoms with van der Waals surface area (Å²) in [6, 6.07) is 14.6. The molecule has 0 fully saturated rings. The van der Waals surface area contributed by atoms with Gasteiger partial charge in [-0.3, -0.25) is 4.79 Å². The number of nitrogens with one attached hydrogen (secondary N) is 1. The molecule has 0 aliphatic heterocycles. The highest BCUT2D eigenvalue weighted by Gasteiger charge is 2.18. The highest BCUT2D eigenvalue weighted by atomic mass is 35.5. The van der Waals surface area contributed by atoms with E-state index >= 15 is 0 Å². The summed E-state index contributed by atoms with van der Waals surface area (Å²) in [7, 11) is 1.62. The molecule has 0 radical (unpaired) electrons. The fraction of sp³-hybridized carbons (Fsp3) is 0.211. The Balaban J connectivity index is 1.54. The van der Waals surface area contributed by atoms with Gasteiger partial charge in [-0.15, -0.1) is 10.2 Å². The van der Waals surface area contributed by atoms with Crippen LogP contribution in [0, 0.1) is 0 Å². The summed E-state index contributed by atoms with van der Waals surface area (Å²) in [5.74, 6) is 1.06. The minimum Gasteiger partial charge on any atom is -0.497 e. The van der Waals surface area contributed by atoms with Crippen molar-refractivity contribution in [1.82, 2.24) is 15.5 Å². The Kier molecular flexibility index (Phi) is 6.36. The molecule has 1 heterocycles. The Morgan fingerprint density at radius 2 is 1.89 bits per heavy atom. The van der Waals surface area contributed by atoms with E-state index in [0.717, 1.165) is 16.9 Å². The summed E-state index contributed by atoms with van der Waals surface area (Å²) in [6.45, 7) is 2.23. The highest BCUT2D eigenvalue weighted by Crippen LogP contribution is 2.27. The lowest BCUT2D eigenvalue weighted by atomic mass is 10.2. The van der Waals surface area contributed by atoms with Crippen LogP contribution in [-0.2, 0) is 11.3 Å². The Morgan fingerprint density at radius 3 is 2.56 bits per heavy atom. The second-order valence-corrected chi connectivity index (χ2v) is 7.43. The first-order chi connectivity index (χ1) is 13.0. The van der Waals surface area contributed by atoms with Crippen LogP contribution in [-0.4, -0.2) is 28.5 Å². The summed E-state index contributed by atoms with van der Waals surface area (Å²) in [5, 5.41) is 11.5. The van der Waals surface area contributed by atoms with Gasteiger partial charge < -0.3 is 14.5 Å². The van der Waals surface area contributed by atoms with Crippen LogP contribution in [0.4, 0.5) is 0 Å². The maximum absolute atomic E-state index is 12.3. The molecule has 0 bridgehead atoms. The normalized spacial score (nSPS) is 11.8. The molecule has 1 N–H and O–H groups in total. The molecule has 1 aromatic heterocycles. The Morgan fingerprint density at radius 1 is 1.19 bits per heavy atom. The quantitative estimate of drug-likeness (QED) is 0.596. The fourth-order valence-corrected chi connectivity index (χ4v) is 3.08. The van der Waals surface area contributed by atoms with Gasteiger partial charge in [0.2, 0.25) is 11.8 Å². The summed E-state index contributed by atoms with van der Waals surface area (Å²) in [5.41, 5.74) is 1.76. The lowest BCUT2D eigenvalue weighted by Crippen LogP contribution is -2.30. The molecule has 1 atom stereocenters. The second kappa shape index (κ2) is 8.92. The predicted octanol–water partition coefficient (Wildman–Crippen LogP) is 4.20. The first-order valence-electron chi connectivity index (χ1n) is 8.22. The molecule has 0 aliphatic rings. The molecule has 140 valence electrons. The van der Waals surface area contributed by atoms with Gasteiger partial charge in [-0.05, 0) is 48.9 Å². The van der Waals surface area contributed by atoms with Crippen molar-refractivity contribution in [2.75, 3.05) is 7.11 Å². The minimum absolute atomic E-state index is 0.109. The van der Waals surface area contributed by atoms with E-state index in [2.05, 4.69) is 15.5 Å². The third kappa shape index (κ3) is 5.24. The molecular formula is C19H18ClN3O3S. The van der Waals surface area contributed by atoms with Crippen molar-refractivity contribution in [3.8, 4) is 17.2 Å². The number of halogens is 1. The van der Waals surface area contributed by atoms with Crippen LogP contribution in [0.1, 0.15) is 12.5 Å². The van der Waals surface area contributed by atoms with E-state index in [1.165, 1.54) is 11.8 Å². The van der Waals surface area contributed by atoms with Gasteiger partial charge in [0.15, 0.2) is 0 Å². The molecule has 27 heavy (non-hydrogen) atoms. The van der Waals surface area contributed by atoms with E-state index in [1.807, 2.05) is 24.3 Å². The van der Waals surface area contributed by atoms with Crippen LogP contribution in [0.5, 0.6) is 5.75 Å². The number of carbonyl (C=O) groups excluding carboxylic acids is 1. The van der Waals surface area contributed by atoms with E-state index in [0.29, 0.717) is 22.7 Å². The van der Waals surface area contributed by atoms with Gasteiger partial charge in [-0.2, -0.15) is 0 Å². The summed E-state index contributed by atoms with van der Waals surface area (Å²) < 4.78 is 10.7. The maximum atomic E-state index is 12.3. The lowest BCUT2D eigenvalue weighted by molar-refractivity contribution is -0.120. The van der Waals surface area contributed by atoms with Gasteiger partial charge in [-0.1, -0.05) is 35.5 Å². The zero-order valence-electron chi connectivity index (χ0n) is 14.8. The number of hydrogen-bond acceptors (Lipinski definition) is 6. The number of amides is 1. The van der Waals surface area contributed by atoms with Crippen molar-refractivity contribution >= 4 is 29.3 Å². The highest BCUT2D eigenvalue weighted by molar-refractivity contribution is 8.00. The fourth-order valence-electron chi connectivity index (χ4n) is 2.25. The minimum atomic E-state index is -0.373. The van der Waals surface area contributed by atoms with Crippen LogP contribution >= 0.6 is 23.4 Å². The van der Waals surface area contributed by atoms with Gasteiger partial charge in [0.05, 0.1) is 12.4 Å².